The minimum atomic E-state index is -0.590. The molecule has 0 aromatic carbocycles. The average molecular weight is 224 g/mol. The van der Waals surface area contributed by atoms with Crippen LogP contribution in [0.1, 0.15) is 9.67 Å². The van der Waals surface area contributed by atoms with Gasteiger partial charge in [0.2, 0.25) is 5.95 Å². The quantitative estimate of drug-likeness (QED) is 0.781. The van der Waals surface area contributed by atoms with Crippen LogP contribution < -0.4 is 5.32 Å². The highest BCUT2D eigenvalue weighted by molar-refractivity contribution is 7.07. The van der Waals surface area contributed by atoms with Crippen LogP contribution in [0.5, 0.6) is 0 Å². The fraction of sp³-hybridized carbons (Fsp3) is 0. The molecule has 76 valence electrons. The van der Waals surface area contributed by atoms with E-state index in [1.54, 1.807) is 0 Å². The van der Waals surface area contributed by atoms with Gasteiger partial charge in [0.25, 0.3) is 5.91 Å². The van der Waals surface area contributed by atoms with E-state index in [1.807, 2.05) is 0 Å². The molecule has 5 nitrogen and oxygen atoms in total. The summed E-state index contributed by atoms with van der Waals surface area (Å²) in [6, 6.07) is 2.59. The minimum Gasteiger partial charge on any atom is -0.320 e. The molecule has 2 rings (SSSR count). The van der Waals surface area contributed by atoms with Crippen molar-refractivity contribution in [1.82, 2.24) is 14.6 Å². The molecule has 0 unspecified atom stereocenters. The Morgan fingerprint density at radius 3 is 2.87 bits per heavy atom. The van der Waals surface area contributed by atoms with Crippen molar-refractivity contribution in [3.05, 3.63) is 35.4 Å². The molecule has 0 spiro atoms. The molecule has 1 amide bonds. The first-order valence-corrected chi connectivity index (χ1v) is 4.73. The molecule has 2 heterocycles. The van der Waals surface area contributed by atoms with Gasteiger partial charge in [-0.3, -0.25) is 4.79 Å². The van der Waals surface area contributed by atoms with Crippen molar-refractivity contribution in [2.75, 3.05) is 5.32 Å². The molecule has 0 fully saturated rings. The number of nitrogens with zero attached hydrogens (tertiary/aromatic N) is 3. The molecule has 0 bridgehead atoms. The number of nitrogens with one attached hydrogen (secondary N) is 1. The van der Waals surface area contributed by atoms with E-state index >= 15 is 0 Å². The van der Waals surface area contributed by atoms with Crippen LogP contribution in [0.15, 0.2) is 24.5 Å². The molecule has 0 aliphatic rings. The van der Waals surface area contributed by atoms with Gasteiger partial charge in [-0.15, -0.1) is 5.10 Å². The first-order chi connectivity index (χ1) is 7.25. The summed E-state index contributed by atoms with van der Waals surface area (Å²) in [6.45, 7) is 0. The maximum absolute atomic E-state index is 12.5. The van der Waals surface area contributed by atoms with Crippen molar-refractivity contribution in [1.29, 1.82) is 0 Å². The normalized spacial score (nSPS) is 9.93. The second-order valence-electron chi connectivity index (χ2n) is 2.61. The lowest BCUT2D eigenvalue weighted by Crippen LogP contribution is -2.10. The van der Waals surface area contributed by atoms with E-state index in [-0.39, 0.29) is 5.91 Å². The Kier molecular flexibility index (Phi) is 2.64. The Morgan fingerprint density at radius 1 is 1.40 bits per heavy atom. The predicted molar refractivity (Wildman–Crippen MR) is 52.1 cm³/mol. The first kappa shape index (κ1) is 9.66. The second-order valence-corrected chi connectivity index (χ2v) is 3.39. The van der Waals surface area contributed by atoms with Gasteiger partial charge in [0.1, 0.15) is 4.88 Å². The van der Waals surface area contributed by atoms with Gasteiger partial charge in [0, 0.05) is 0 Å². The average Bonchev–Trinajstić information content (AvgIpc) is 2.74. The van der Waals surface area contributed by atoms with Gasteiger partial charge in [0.15, 0.2) is 0 Å². The molecule has 0 radical (unpaired) electrons. The fourth-order valence-corrected chi connectivity index (χ4v) is 1.32. The van der Waals surface area contributed by atoms with Crippen molar-refractivity contribution in [3.8, 4) is 0 Å². The van der Waals surface area contributed by atoms with Crippen LogP contribution in [0, 0.1) is 5.95 Å². The lowest BCUT2D eigenvalue weighted by Gasteiger charge is -2.00. The van der Waals surface area contributed by atoms with Crippen molar-refractivity contribution >= 4 is 23.1 Å². The number of carbonyl (C=O) groups is 1. The van der Waals surface area contributed by atoms with Crippen LogP contribution in [0.2, 0.25) is 0 Å². The van der Waals surface area contributed by atoms with Gasteiger partial charge < -0.3 is 5.32 Å². The zero-order chi connectivity index (χ0) is 10.7. The lowest BCUT2D eigenvalue weighted by atomic mass is 10.4. The number of aromatic nitrogens is 3. The molecule has 7 heteroatoms. The summed E-state index contributed by atoms with van der Waals surface area (Å²) in [4.78, 5) is 15.3. The monoisotopic (exact) mass is 224 g/mol. The highest BCUT2D eigenvalue weighted by atomic mass is 32.1. The Hall–Kier alpha value is -1.89. The molecule has 0 atom stereocenters. The SMILES string of the molecule is O=C(Nc1ccc(F)nc1)c1cnns1. The van der Waals surface area contributed by atoms with Gasteiger partial charge in [-0.2, -0.15) is 4.39 Å². The van der Waals surface area contributed by atoms with E-state index in [2.05, 4.69) is 19.9 Å². The summed E-state index contributed by atoms with van der Waals surface area (Å²) >= 11 is 0.986. The number of hydrogen-bond donors (Lipinski definition) is 1. The molecule has 1 N–H and O–H groups in total. The standard InChI is InChI=1S/C8H5FN4OS/c9-7-2-1-5(3-10-7)12-8(14)6-4-11-13-15-6/h1-4H,(H,12,14). The third-order valence-electron chi connectivity index (χ3n) is 1.57. The molecule has 15 heavy (non-hydrogen) atoms. The third-order valence-corrected chi connectivity index (χ3v) is 2.23. The van der Waals surface area contributed by atoms with Gasteiger partial charge in [-0.05, 0) is 23.7 Å². The molecule has 2 aromatic rings. The zero-order valence-corrected chi connectivity index (χ0v) is 8.16. The number of amides is 1. The van der Waals surface area contributed by atoms with E-state index in [0.717, 1.165) is 11.5 Å². The molecular formula is C8H5FN4OS. The van der Waals surface area contributed by atoms with Gasteiger partial charge >= 0.3 is 0 Å². The van der Waals surface area contributed by atoms with Crippen LogP contribution in [0.3, 0.4) is 0 Å². The van der Waals surface area contributed by atoms with E-state index in [1.165, 1.54) is 24.5 Å². The van der Waals surface area contributed by atoms with Gasteiger partial charge in [-0.25, -0.2) is 4.98 Å². The highest BCUT2D eigenvalue weighted by Gasteiger charge is 2.08. The van der Waals surface area contributed by atoms with Crippen molar-refractivity contribution in [2.24, 2.45) is 0 Å². The summed E-state index contributed by atoms with van der Waals surface area (Å²) in [7, 11) is 0. The molecule has 2 aromatic heterocycles. The predicted octanol–water partition coefficient (Wildman–Crippen LogP) is 1.32. The zero-order valence-electron chi connectivity index (χ0n) is 7.35. The van der Waals surface area contributed by atoms with Crippen molar-refractivity contribution < 1.29 is 9.18 Å². The van der Waals surface area contributed by atoms with E-state index in [9.17, 15) is 9.18 Å². The fourth-order valence-electron chi connectivity index (χ4n) is 0.910. The molecule has 0 saturated carbocycles. The van der Waals surface area contributed by atoms with Crippen LogP contribution in [-0.2, 0) is 0 Å². The Labute approximate surface area is 88.1 Å². The van der Waals surface area contributed by atoms with Crippen molar-refractivity contribution in [3.63, 3.8) is 0 Å². The van der Waals surface area contributed by atoms with Crippen LogP contribution >= 0.6 is 11.5 Å². The highest BCUT2D eigenvalue weighted by Crippen LogP contribution is 2.09. The van der Waals surface area contributed by atoms with E-state index in [4.69, 9.17) is 0 Å². The van der Waals surface area contributed by atoms with Crippen molar-refractivity contribution in [2.45, 2.75) is 0 Å². The smallest absolute Gasteiger partial charge is 0.269 e. The summed E-state index contributed by atoms with van der Waals surface area (Å²) in [5.74, 6) is -0.925. The minimum absolute atomic E-state index is 0.335. The summed E-state index contributed by atoms with van der Waals surface area (Å²) < 4.78 is 16.0. The number of hydrogen-bond acceptors (Lipinski definition) is 5. The number of carbonyl (C=O) groups excluding carboxylic acids is 1. The largest absolute Gasteiger partial charge is 0.320 e. The summed E-state index contributed by atoms with van der Waals surface area (Å²) in [5, 5.41) is 6.06. The van der Waals surface area contributed by atoms with Crippen LogP contribution in [0.4, 0.5) is 10.1 Å². The topological polar surface area (TPSA) is 67.8 Å². The Balaban J connectivity index is 2.09. The maximum Gasteiger partial charge on any atom is 0.269 e. The van der Waals surface area contributed by atoms with E-state index in [0.29, 0.717) is 10.6 Å². The first-order valence-electron chi connectivity index (χ1n) is 3.96. The molecular weight excluding hydrogens is 219 g/mol. The number of rotatable bonds is 2. The second kappa shape index (κ2) is 4.09. The number of anilines is 1. The van der Waals surface area contributed by atoms with Gasteiger partial charge in [0.05, 0.1) is 18.1 Å². The Bertz CT molecular complexity index is 456. The summed E-state index contributed by atoms with van der Waals surface area (Å²) in [5.41, 5.74) is 0.426. The third kappa shape index (κ3) is 2.32. The number of halogens is 1. The molecule has 0 saturated heterocycles. The number of pyridine rings is 1. The van der Waals surface area contributed by atoms with E-state index < -0.39 is 5.95 Å². The van der Waals surface area contributed by atoms with Gasteiger partial charge in [-0.1, -0.05) is 4.49 Å². The van der Waals surface area contributed by atoms with Crippen LogP contribution in [0.25, 0.3) is 0 Å². The van der Waals surface area contributed by atoms with Crippen LogP contribution in [-0.4, -0.2) is 20.5 Å². The summed E-state index contributed by atoms with van der Waals surface area (Å²) in [6.07, 6.45) is 2.60. The molecule has 0 aliphatic heterocycles. The lowest BCUT2D eigenvalue weighted by molar-refractivity contribution is 0.103. The maximum atomic E-state index is 12.5. The Morgan fingerprint density at radius 2 is 2.27 bits per heavy atom. The molecule has 0 aliphatic carbocycles.